The van der Waals surface area contributed by atoms with Crippen molar-refractivity contribution in [2.45, 2.75) is 314 Å². The van der Waals surface area contributed by atoms with Crippen molar-refractivity contribution < 1.29 is 39.8 Å². The summed E-state index contributed by atoms with van der Waals surface area (Å²) < 4.78 is 11.2. The fourth-order valence-electron chi connectivity index (χ4n) is 9.22. The van der Waals surface area contributed by atoms with Gasteiger partial charge in [-0.05, 0) is 57.8 Å². The van der Waals surface area contributed by atoms with E-state index in [1.54, 1.807) is 6.08 Å². The summed E-state index contributed by atoms with van der Waals surface area (Å²) in [6, 6.07) is -0.801. The Hall–Kier alpha value is -1.85. The van der Waals surface area contributed by atoms with E-state index in [2.05, 4.69) is 55.6 Å². The highest BCUT2D eigenvalue weighted by molar-refractivity contribution is 5.76. The van der Waals surface area contributed by atoms with Gasteiger partial charge in [0, 0.05) is 6.42 Å². The number of rotatable bonds is 50. The Labute approximate surface area is 424 Å². The molecular weight excluding hydrogens is 863 g/mol. The van der Waals surface area contributed by atoms with Gasteiger partial charge < -0.3 is 40.3 Å². The summed E-state index contributed by atoms with van der Waals surface area (Å²) in [6.07, 6.45) is 59.3. The lowest BCUT2D eigenvalue weighted by molar-refractivity contribution is -0.302. The molecule has 9 nitrogen and oxygen atoms in total. The number of aliphatic hydroxyl groups excluding tert-OH is 5. The minimum absolute atomic E-state index is 0.176. The molecule has 1 heterocycles. The zero-order valence-electron chi connectivity index (χ0n) is 44.8. The maximum absolute atomic E-state index is 13.0. The molecule has 9 heteroatoms. The first kappa shape index (κ1) is 65.2. The minimum Gasteiger partial charge on any atom is -0.394 e. The maximum atomic E-state index is 13.0. The standard InChI is InChI=1S/C60H111NO8/c1-3-5-7-9-11-13-14-15-16-17-18-19-20-21-22-23-24-25-26-27-28-29-30-31-32-33-34-35-36-37-38-39-40-42-44-46-48-50-56(64)61-53(54(63)49-47-45-43-41-12-10-8-6-4-2)52-68-60-59(67)58(66)57(65)55(51-62)69-60/h14-15,17-18,20-21,47,49,53-55,57-60,62-63,65-67H,3-13,16,19,22-46,48,50-52H2,1-2H3,(H,61,64)/b15-14-,18-17-,21-20-,49-47+. The monoisotopic (exact) mass is 974 g/mol. The van der Waals surface area contributed by atoms with E-state index in [1.807, 2.05) is 6.08 Å². The molecule has 0 bridgehead atoms. The van der Waals surface area contributed by atoms with Crippen LogP contribution in [-0.4, -0.2) is 87.5 Å². The zero-order valence-corrected chi connectivity index (χ0v) is 44.8. The molecule has 1 rings (SSSR count). The maximum Gasteiger partial charge on any atom is 0.220 e. The van der Waals surface area contributed by atoms with Crippen LogP contribution in [0.25, 0.3) is 0 Å². The molecule has 1 saturated heterocycles. The number of ether oxygens (including phenoxy) is 2. The Kier molecular flexibility index (Phi) is 47.0. The molecule has 1 aliphatic heterocycles. The van der Waals surface area contributed by atoms with Crippen molar-refractivity contribution in [1.29, 1.82) is 0 Å². The van der Waals surface area contributed by atoms with E-state index in [9.17, 15) is 30.3 Å². The van der Waals surface area contributed by atoms with E-state index in [4.69, 9.17) is 9.47 Å². The molecule has 7 unspecified atom stereocenters. The van der Waals surface area contributed by atoms with Crippen LogP contribution in [-0.2, 0) is 14.3 Å². The summed E-state index contributed by atoms with van der Waals surface area (Å²) in [7, 11) is 0. The van der Waals surface area contributed by atoms with Crippen LogP contribution in [0.2, 0.25) is 0 Å². The van der Waals surface area contributed by atoms with Gasteiger partial charge in [0.1, 0.15) is 24.4 Å². The molecule has 69 heavy (non-hydrogen) atoms. The van der Waals surface area contributed by atoms with Crippen molar-refractivity contribution >= 4 is 5.91 Å². The fraction of sp³-hybridized carbons (Fsp3) is 0.850. The smallest absolute Gasteiger partial charge is 0.220 e. The first-order valence-corrected chi connectivity index (χ1v) is 29.4. The fourth-order valence-corrected chi connectivity index (χ4v) is 9.22. The number of carbonyl (C=O) groups excluding carboxylic acids is 1. The average Bonchev–Trinajstić information content (AvgIpc) is 3.35. The number of aliphatic hydroxyl groups is 5. The second kappa shape index (κ2) is 49.7. The molecule has 7 atom stereocenters. The van der Waals surface area contributed by atoms with Crippen molar-refractivity contribution in [2.24, 2.45) is 0 Å². The van der Waals surface area contributed by atoms with Crippen molar-refractivity contribution in [3.05, 3.63) is 48.6 Å². The van der Waals surface area contributed by atoms with E-state index in [-0.39, 0.29) is 12.5 Å². The predicted octanol–water partition coefficient (Wildman–Crippen LogP) is 14.5. The number of hydrogen-bond donors (Lipinski definition) is 6. The van der Waals surface area contributed by atoms with Gasteiger partial charge in [-0.15, -0.1) is 0 Å². The number of carbonyl (C=O) groups is 1. The number of amides is 1. The third-order valence-electron chi connectivity index (χ3n) is 13.9. The van der Waals surface area contributed by atoms with Crippen LogP contribution in [0.15, 0.2) is 48.6 Å². The van der Waals surface area contributed by atoms with E-state index in [0.29, 0.717) is 6.42 Å². The van der Waals surface area contributed by atoms with Crippen LogP contribution in [0.3, 0.4) is 0 Å². The Morgan fingerprint density at radius 3 is 1.26 bits per heavy atom. The van der Waals surface area contributed by atoms with Gasteiger partial charge in [-0.2, -0.15) is 0 Å². The SMILES string of the molecule is CCCCCCC/C=C\C/C=C\C/C=C\CCCCCCCCCCCCCCCCCCCCCCCCC(=O)NC(COC1OC(CO)C(O)C(O)C1O)C(O)/C=C/CCCCCCCCC. The summed E-state index contributed by atoms with van der Waals surface area (Å²) >= 11 is 0. The van der Waals surface area contributed by atoms with E-state index in [1.165, 1.54) is 199 Å². The van der Waals surface area contributed by atoms with Gasteiger partial charge in [-0.25, -0.2) is 0 Å². The van der Waals surface area contributed by atoms with Crippen molar-refractivity contribution in [3.63, 3.8) is 0 Å². The van der Waals surface area contributed by atoms with Gasteiger partial charge >= 0.3 is 0 Å². The van der Waals surface area contributed by atoms with Crippen LogP contribution in [0.1, 0.15) is 271 Å². The molecule has 1 fully saturated rings. The molecule has 1 aliphatic rings. The zero-order chi connectivity index (χ0) is 50.1. The molecule has 0 spiro atoms. The highest BCUT2D eigenvalue weighted by Crippen LogP contribution is 2.23. The Morgan fingerprint density at radius 2 is 0.855 bits per heavy atom. The van der Waals surface area contributed by atoms with Crippen molar-refractivity contribution in [1.82, 2.24) is 5.32 Å². The van der Waals surface area contributed by atoms with Crippen molar-refractivity contribution in [2.75, 3.05) is 13.2 Å². The first-order valence-electron chi connectivity index (χ1n) is 29.4. The molecule has 0 radical (unpaired) electrons. The molecule has 6 N–H and O–H groups in total. The number of unbranched alkanes of at least 4 members (excludes halogenated alkanes) is 34. The van der Waals surface area contributed by atoms with Gasteiger partial charge in [0.2, 0.25) is 5.91 Å². The van der Waals surface area contributed by atoms with Gasteiger partial charge in [-0.1, -0.05) is 255 Å². The Morgan fingerprint density at radius 1 is 0.493 bits per heavy atom. The molecule has 0 aromatic rings. The lowest BCUT2D eigenvalue weighted by Crippen LogP contribution is -2.60. The highest BCUT2D eigenvalue weighted by atomic mass is 16.7. The lowest BCUT2D eigenvalue weighted by atomic mass is 9.99. The average molecular weight is 975 g/mol. The first-order chi connectivity index (χ1) is 33.8. The molecule has 1 amide bonds. The van der Waals surface area contributed by atoms with Crippen LogP contribution in [0.5, 0.6) is 0 Å². The van der Waals surface area contributed by atoms with Gasteiger partial charge in [-0.3, -0.25) is 4.79 Å². The molecular formula is C60H111NO8. The minimum atomic E-state index is -1.56. The molecule has 0 aromatic carbocycles. The van der Waals surface area contributed by atoms with E-state index in [0.717, 1.165) is 51.4 Å². The van der Waals surface area contributed by atoms with Crippen LogP contribution >= 0.6 is 0 Å². The van der Waals surface area contributed by atoms with Crippen LogP contribution in [0, 0.1) is 0 Å². The quantitative estimate of drug-likeness (QED) is 0.0261. The van der Waals surface area contributed by atoms with Gasteiger partial charge in [0.25, 0.3) is 0 Å². The lowest BCUT2D eigenvalue weighted by Gasteiger charge is -2.40. The molecule has 0 aliphatic carbocycles. The summed E-state index contributed by atoms with van der Waals surface area (Å²) in [6.45, 7) is 3.74. The predicted molar refractivity (Wildman–Crippen MR) is 290 cm³/mol. The summed E-state index contributed by atoms with van der Waals surface area (Å²) in [4.78, 5) is 13.0. The Balaban J connectivity index is 2.02. The number of nitrogens with one attached hydrogen (secondary N) is 1. The third kappa shape index (κ3) is 39.4. The third-order valence-corrected chi connectivity index (χ3v) is 13.9. The van der Waals surface area contributed by atoms with Gasteiger partial charge in [0.15, 0.2) is 6.29 Å². The molecule has 404 valence electrons. The largest absolute Gasteiger partial charge is 0.394 e. The van der Waals surface area contributed by atoms with Gasteiger partial charge in [0.05, 0.1) is 25.4 Å². The van der Waals surface area contributed by atoms with Crippen molar-refractivity contribution in [3.8, 4) is 0 Å². The second-order valence-corrected chi connectivity index (χ2v) is 20.4. The van der Waals surface area contributed by atoms with Crippen LogP contribution < -0.4 is 5.32 Å². The van der Waals surface area contributed by atoms with E-state index >= 15 is 0 Å². The van der Waals surface area contributed by atoms with E-state index < -0.39 is 49.5 Å². The summed E-state index contributed by atoms with van der Waals surface area (Å²) in [5.41, 5.74) is 0. The normalized spacial score (nSPS) is 19.8. The Bertz CT molecular complexity index is 1220. The number of allylic oxidation sites excluding steroid dienone is 7. The highest BCUT2D eigenvalue weighted by Gasteiger charge is 2.44. The topological polar surface area (TPSA) is 149 Å². The molecule has 0 aromatic heterocycles. The molecule has 0 saturated carbocycles. The van der Waals surface area contributed by atoms with Crippen LogP contribution in [0.4, 0.5) is 0 Å². The summed E-state index contributed by atoms with van der Waals surface area (Å²) in [5.74, 6) is -0.176. The summed E-state index contributed by atoms with van der Waals surface area (Å²) in [5, 5.41) is 54.2. The number of hydrogen-bond acceptors (Lipinski definition) is 8. The second-order valence-electron chi connectivity index (χ2n) is 20.4.